The van der Waals surface area contributed by atoms with Crippen LogP contribution in [0.2, 0.25) is 0 Å². The molecule has 1 aliphatic rings. The summed E-state index contributed by atoms with van der Waals surface area (Å²) >= 11 is 0. The molecule has 1 atom stereocenters. The number of benzene rings is 1. The topological polar surface area (TPSA) is 62.3 Å². The fraction of sp³-hybridized carbons (Fsp3) is 0.533. The van der Waals surface area contributed by atoms with E-state index in [0.29, 0.717) is 6.04 Å². The number of hydrogen-bond acceptors (Lipinski definition) is 3. The molecule has 0 aromatic heterocycles. The fourth-order valence-electron chi connectivity index (χ4n) is 2.68. The van der Waals surface area contributed by atoms with E-state index in [-0.39, 0.29) is 5.84 Å². The van der Waals surface area contributed by atoms with Gasteiger partial charge < -0.3 is 15.4 Å². The van der Waals surface area contributed by atoms with E-state index >= 15 is 0 Å². The monoisotopic (exact) mass is 261 g/mol. The summed E-state index contributed by atoms with van der Waals surface area (Å²) in [5.74, 6) is 0.972. The molecule has 1 aliphatic heterocycles. The number of nitrogens with two attached hydrogens (primary N) is 1. The summed E-state index contributed by atoms with van der Waals surface area (Å²) in [4.78, 5) is 2.41. The summed E-state index contributed by atoms with van der Waals surface area (Å²) in [7, 11) is 2.18. The molecule has 4 nitrogen and oxygen atoms in total. The molecule has 0 amide bonds. The zero-order chi connectivity index (χ0) is 13.8. The van der Waals surface area contributed by atoms with Crippen molar-refractivity contribution in [2.45, 2.75) is 32.2 Å². The lowest BCUT2D eigenvalue weighted by atomic mass is 10.1. The van der Waals surface area contributed by atoms with Crippen molar-refractivity contribution in [1.29, 1.82) is 5.41 Å². The fourth-order valence-corrected chi connectivity index (χ4v) is 2.68. The molecule has 1 aromatic carbocycles. The number of hydrogen-bond donors (Lipinski definition) is 2. The molecular weight excluding hydrogens is 238 g/mol. The van der Waals surface area contributed by atoms with Gasteiger partial charge in [0, 0.05) is 11.6 Å². The first kappa shape index (κ1) is 13.9. The van der Waals surface area contributed by atoms with Crippen molar-refractivity contribution in [3.63, 3.8) is 0 Å². The minimum Gasteiger partial charge on any atom is -0.494 e. The molecule has 0 bridgehead atoms. The van der Waals surface area contributed by atoms with Gasteiger partial charge in [-0.15, -0.1) is 0 Å². The maximum absolute atomic E-state index is 7.45. The predicted molar refractivity (Wildman–Crippen MR) is 78.0 cm³/mol. The van der Waals surface area contributed by atoms with E-state index in [1.54, 1.807) is 0 Å². The van der Waals surface area contributed by atoms with E-state index in [1.165, 1.54) is 19.4 Å². The lowest BCUT2D eigenvalue weighted by Crippen LogP contribution is -2.26. The van der Waals surface area contributed by atoms with Gasteiger partial charge in [-0.3, -0.25) is 5.41 Å². The van der Waals surface area contributed by atoms with Crippen molar-refractivity contribution < 1.29 is 4.74 Å². The van der Waals surface area contributed by atoms with Crippen molar-refractivity contribution in [3.8, 4) is 5.75 Å². The summed E-state index contributed by atoms with van der Waals surface area (Å²) in [6, 6.07) is 6.36. The van der Waals surface area contributed by atoms with Gasteiger partial charge in [0.1, 0.15) is 11.6 Å². The molecule has 0 aliphatic carbocycles. The number of rotatable bonds is 5. The van der Waals surface area contributed by atoms with Crippen LogP contribution in [0.5, 0.6) is 5.75 Å². The molecule has 0 saturated carbocycles. The molecule has 104 valence electrons. The number of nitrogen functional groups attached to an aromatic ring is 1. The Bertz CT molecular complexity index is 459. The molecule has 2 rings (SSSR count). The normalized spacial score (nSPS) is 19.6. The minimum absolute atomic E-state index is 0.108. The largest absolute Gasteiger partial charge is 0.494 e. The Morgan fingerprint density at radius 1 is 1.53 bits per heavy atom. The van der Waals surface area contributed by atoms with Crippen molar-refractivity contribution >= 4 is 5.84 Å². The molecule has 0 radical (unpaired) electrons. The third-order valence-corrected chi connectivity index (χ3v) is 3.88. The Kier molecular flexibility index (Phi) is 4.43. The number of likely N-dealkylation sites (tertiary alicyclic amines) is 1. The Balaban J connectivity index is 1.86. The minimum atomic E-state index is 0.108. The maximum Gasteiger partial charge on any atom is 0.123 e. The highest BCUT2D eigenvalue weighted by atomic mass is 16.5. The zero-order valence-electron chi connectivity index (χ0n) is 11.8. The SMILES string of the molecule is Cc1cc(OCCC2CCCN2C)ccc1C(=N)N. The van der Waals surface area contributed by atoms with Gasteiger partial charge in [0.2, 0.25) is 0 Å². The summed E-state index contributed by atoms with van der Waals surface area (Å²) in [6.07, 6.45) is 3.65. The lowest BCUT2D eigenvalue weighted by Gasteiger charge is -2.19. The van der Waals surface area contributed by atoms with Crippen LogP contribution in [0.15, 0.2) is 18.2 Å². The molecule has 1 unspecified atom stereocenters. The van der Waals surface area contributed by atoms with E-state index in [1.807, 2.05) is 25.1 Å². The van der Waals surface area contributed by atoms with E-state index in [4.69, 9.17) is 15.9 Å². The quantitative estimate of drug-likeness (QED) is 0.630. The van der Waals surface area contributed by atoms with Crippen LogP contribution in [0.4, 0.5) is 0 Å². The standard InChI is InChI=1S/C15H23N3O/c1-11-10-13(5-6-14(11)15(16)17)19-9-7-12-4-3-8-18(12)2/h5-6,10,12H,3-4,7-9H2,1-2H3,(H3,16,17). The van der Waals surface area contributed by atoms with Gasteiger partial charge in [-0.25, -0.2) is 0 Å². The van der Waals surface area contributed by atoms with Crippen LogP contribution >= 0.6 is 0 Å². The van der Waals surface area contributed by atoms with Crippen LogP contribution in [-0.4, -0.2) is 37.0 Å². The number of nitrogens with one attached hydrogen (secondary N) is 1. The second-order valence-corrected chi connectivity index (χ2v) is 5.30. The van der Waals surface area contributed by atoms with Crippen LogP contribution in [0.3, 0.4) is 0 Å². The third-order valence-electron chi connectivity index (χ3n) is 3.88. The summed E-state index contributed by atoms with van der Waals surface area (Å²) in [6.45, 7) is 3.90. The predicted octanol–water partition coefficient (Wildman–Crippen LogP) is 2.14. The van der Waals surface area contributed by atoms with Crippen LogP contribution < -0.4 is 10.5 Å². The van der Waals surface area contributed by atoms with Crippen LogP contribution in [0.1, 0.15) is 30.4 Å². The zero-order valence-corrected chi connectivity index (χ0v) is 11.8. The molecule has 4 heteroatoms. The summed E-state index contributed by atoms with van der Waals surface area (Å²) < 4.78 is 5.79. The maximum atomic E-state index is 7.45. The highest BCUT2D eigenvalue weighted by molar-refractivity contribution is 5.96. The number of ether oxygens (including phenoxy) is 1. The van der Waals surface area contributed by atoms with Crippen molar-refractivity contribution in [2.24, 2.45) is 5.73 Å². The van der Waals surface area contributed by atoms with Gasteiger partial charge in [0.05, 0.1) is 6.61 Å². The second kappa shape index (κ2) is 6.06. The van der Waals surface area contributed by atoms with E-state index in [9.17, 15) is 0 Å². The molecule has 19 heavy (non-hydrogen) atoms. The smallest absolute Gasteiger partial charge is 0.123 e. The molecule has 3 N–H and O–H groups in total. The van der Waals surface area contributed by atoms with E-state index in [0.717, 1.165) is 29.9 Å². The van der Waals surface area contributed by atoms with Crippen molar-refractivity contribution in [1.82, 2.24) is 4.90 Å². The third kappa shape index (κ3) is 3.47. The van der Waals surface area contributed by atoms with Gasteiger partial charge in [0.25, 0.3) is 0 Å². The van der Waals surface area contributed by atoms with E-state index < -0.39 is 0 Å². The Morgan fingerprint density at radius 2 is 2.32 bits per heavy atom. The highest BCUT2D eigenvalue weighted by Gasteiger charge is 2.20. The van der Waals surface area contributed by atoms with E-state index in [2.05, 4.69) is 11.9 Å². The summed E-state index contributed by atoms with van der Waals surface area (Å²) in [5, 5.41) is 7.45. The molecular formula is C15H23N3O. The van der Waals surface area contributed by atoms with Gasteiger partial charge in [0.15, 0.2) is 0 Å². The van der Waals surface area contributed by atoms with Crippen molar-refractivity contribution in [2.75, 3.05) is 20.2 Å². The Labute approximate surface area is 115 Å². The van der Waals surface area contributed by atoms with Gasteiger partial charge in [-0.1, -0.05) is 0 Å². The first-order valence-corrected chi connectivity index (χ1v) is 6.86. The summed E-state index contributed by atoms with van der Waals surface area (Å²) in [5.41, 5.74) is 7.27. The number of amidine groups is 1. The average Bonchev–Trinajstić information content (AvgIpc) is 2.75. The van der Waals surface area contributed by atoms with Gasteiger partial charge >= 0.3 is 0 Å². The lowest BCUT2D eigenvalue weighted by molar-refractivity contribution is 0.233. The van der Waals surface area contributed by atoms with Crippen molar-refractivity contribution in [3.05, 3.63) is 29.3 Å². The van der Waals surface area contributed by atoms with Crippen LogP contribution in [0.25, 0.3) is 0 Å². The molecule has 1 saturated heterocycles. The Hall–Kier alpha value is -1.55. The molecule has 0 spiro atoms. The number of aryl methyl sites for hydroxylation is 1. The molecule has 1 heterocycles. The average molecular weight is 261 g/mol. The van der Waals surface area contributed by atoms with Gasteiger partial charge in [-0.05, 0) is 63.5 Å². The first-order chi connectivity index (χ1) is 9.08. The molecule has 1 fully saturated rings. The van der Waals surface area contributed by atoms with Gasteiger partial charge in [-0.2, -0.15) is 0 Å². The number of nitrogens with zero attached hydrogens (tertiary/aromatic N) is 1. The first-order valence-electron chi connectivity index (χ1n) is 6.86. The van der Waals surface area contributed by atoms with Crippen LogP contribution in [0, 0.1) is 12.3 Å². The Morgan fingerprint density at radius 3 is 2.89 bits per heavy atom. The second-order valence-electron chi connectivity index (χ2n) is 5.30. The highest BCUT2D eigenvalue weighted by Crippen LogP contribution is 2.20. The van der Waals surface area contributed by atoms with Crippen LogP contribution in [-0.2, 0) is 0 Å². The molecule has 1 aromatic rings.